The maximum absolute atomic E-state index is 13.1. The van der Waals surface area contributed by atoms with Gasteiger partial charge in [0.15, 0.2) is 0 Å². The standard InChI is InChI=1S/C30H34N4O4/c1-21-5-8-24(32-30(36)23-3-2-4-25(19-23)33-15-17-37-18-16-33)20-28(21)34-13-11-27(12-14-34)38-26-9-6-22(7-10-26)29(31)35/h2-10,19-20,27H,11-18H2,1H3,(H2,31,35)(H,32,36). The van der Waals surface area contributed by atoms with Crippen LogP contribution >= 0.6 is 0 Å². The van der Waals surface area contributed by atoms with E-state index in [2.05, 4.69) is 34.2 Å². The molecule has 5 rings (SSSR count). The maximum atomic E-state index is 13.1. The molecule has 0 unspecified atom stereocenters. The van der Waals surface area contributed by atoms with E-state index in [-0.39, 0.29) is 12.0 Å². The van der Waals surface area contributed by atoms with Gasteiger partial charge < -0.3 is 30.3 Å². The van der Waals surface area contributed by atoms with Crippen LogP contribution in [0.5, 0.6) is 5.75 Å². The number of nitrogens with zero attached hydrogens (tertiary/aromatic N) is 2. The van der Waals surface area contributed by atoms with E-state index in [1.165, 1.54) is 5.56 Å². The smallest absolute Gasteiger partial charge is 0.255 e. The van der Waals surface area contributed by atoms with Gasteiger partial charge in [-0.15, -0.1) is 0 Å². The van der Waals surface area contributed by atoms with Crippen LogP contribution in [-0.4, -0.2) is 57.3 Å². The molecule has 3 N–H and O–H groups in total. The topological polar surface area (TPSA) is 97.1 Å². The Morgan fingerprint density at radius 2 is 1.63 bits per heavy atom. The van der Waals surface area contributed by atoms with Crippen molar-refractivity contribution in [2.75, 3.05) is 54.5 Å². The number of carbonyl (C=O) groups excluding carboxylic acids is 2. The molecule has 0 saturated carbocycles. The zero-order valence-electron chi connectivity index (χ0n) is 21.7. The molecule has 8 heteroatoms. The lowest BCUT2D eigenvalue weighted by molar-refractivity contribution is 0.0997. The van der Waals surface area contributed by atoms with Crippen LogP contribution in [0.15, 0.2) is 66.7 Å². The molecular weight excluding hydrogens is 480 g/mol. The first kappa shape index (κ1) is 25.6. The Hall–Kier alpha value is -4.04. The van der Waals surface area contributed by atoms with E-state index in [0.29, 0.717) is 24.3 Å². The van der Waals surface area contributed by atoms with Crippen LogP contribution in [0.2, 0.25) is 0 Å². The molecule has 0 atom stereocenters. The van der Waals surface area contributed by atoms with Gasteiger partial charge in [0.25, 0.3) is 5.91 Å². The van der Waals surface area contributed by atoms with Crippen molar-refractivity contribution < 1.29 is 19.1 Å². The SMILES string of the molecule is Cc1ccc(NC(=O)c2cccc(N3CCOCC3)c2)cc1N1CCC(Oc2ccc(C(N)=O)cc2)CC1. The van der Waals surface area contributed by atoms with Crippen LogP contribution in [0.1, 0.15) is 39.1 Å². The number of primary amides is 1. The first-order valence-corrected chi connectivity index (χ1v) is 13.1. The summed E-state index contributed by atoms with van der Waals surface area (Å²) in [5.74, 6) is 0.177. The molecule has 0 spiro atoms. The molecule has 2 aliphatic rings. The number of piperidine rings is 1. The Kier molecular flexibility index (Phi) is 7.79. The van der Waals surface area contributed by atoms with E-state index in [0.717, 1.165) is 61.8 Å². The highest BCUT2D eigenvalue weighted by molar-refractivity contribution is 6.05. The number of benzene rings is 3. The van der Waals surface area contributed by atoms with Gasteiger partial charge in [0.2, 0.25) is 5.91 Å². The summed E-state index contributed by atoms with van der Waals surface area (Å²) < 4.78 is 11.6. The van der Waals surface area contributed by atoms with Crippen molar-refractivity contribution in [2.24, 2.45) is 5.73 Å². The Bertz CT molecular complexity index is 1280. The summed E-state index contributed by atoms with van der Waals surface area (Å²) in [4.78, 5) is 29.0. The number of hydrogen-bond donors (Lipinski definition) is 2. The van der Waals surface area contributed by atoms with Crippen molar-refractivity contribution in [2.45, 2.75) is 25.9 Å². The molecule has 0 radical (unpaired) electrons. The van der Waals surface area contributed by atoms with E-state index < -0.39 is 5.91 Å². The van der Waals surface area contributed by atoms with Crippen LogP contribution in [0, 0.1) is 6.92 Å². The second-order valence-corrected chi connectivity index (χ2v) is 9.80. The number of nitrogens with two attached hydrogens (primary N) is 1. The van der Waals surface area contributed by atoms with Gasteiger partial charge >= 0.3 is 0 Å². The van der Waals surface area contributed by atoms with Gasteiger partial charge in [0.05, 0.1) is 13.2 Å². The lowest BCUT2D eigenvalue weighted by atomic mass is 10.0. The van der Waals surface area contributed by atoms with Crippen LogP contribution in [0.4, 0.5) is 17.1 Å². The van der Waals surface area contributed by atoms with E-state index in [4.69, 9.17) is 15.2 Å². The van der Waals surface area contributed by atoms with Crippen LogP contribution in [0.3, 0.4) is 0 Å². The van der Waals surface area contributed by atoms with Crippen molar-refractivity contribution in [1.29, 1.82) is 0 Å². The fraction of sp³-hybridized carbons (Fsp3) is 0.333. The number of aryl methyl sites for hydroxylation is 1. The van der Waals surface area contributed by atoms with Crippen LogP contribution in [-0.2, 0) is 4.74 Å². The molecule has 2 saturated heterocycles. The molecule has 2 fully saturated rings. The molecule has 2 aliphatic heterocycles. The number of rotatable bonds is 7. The Balaban J connectivity index is 1.20. The summed E-state index contributed by atoms with van der Waals surface area (Å²) in [7, 11) is 0. The van der Waals surface area contributed by atoms with Gasteiger partial charge in [0.1, 0.15) is 11.9 Å². The fourth-order valence-electron chi connectivity index (χ4n) is 5.00. The van der Waals surface area contributed by atoms with Crippen molar-refractivity contribution in [3.8, 4) is 5.75 Å². The maximum Gasteiger partial charge on any atom is 0.255 e. The number of hydrogen-bond acceptors (Lipinski definition) is 6. The number of ether oxygens (including phenoxy) is 2. The first-order valence-electron chi connectivity index (χ1n) is 13.1. The highest BCUT2D eigenvalue weighted by atomic mass is 16.5. The van der Waals surface area contributed by atoms with Gasteiger partial charge in [-0.2, -0.15) is 0 Å². The quantitative estimate of drug-likeness (QED) is 0.490. The third-order valence-electron chi connectivity index (χ3n) is 7.18. The molecular formula is C30H34N4O4. The van der Waals surface area contributed by atoms with E-state index in [1.54, 1.807) is 24.3 Å². The number of morpholine rings is 1. The third-order valence-corrected chi connectivity index (χ3v) is 7.18. The summed E-state index contributed by atoms with van der Waals surface area (Å²) >= 11 is 0. The Morgan fingerprint density at radius 1 is 0.895 bits per heavy atom. The molecule has 3 aromatic carbocycles. The monoisotopic (exact) mass is 514 g/mol. The van der Waals surface area contributed by atoms with E-state index >= 15 is 0 Å². The highest BCUT2D eigenvalue weighted by Gasteiger charge is 2.22. The number of amides is 2. The Morgan fingerprint density at radius 3 is 2.34 bits per heavy atom. The predicted octanol–water partition coefficient (Wildman–Crippen LogP) is 4.23. The molecule has 38 heavy (non-hydrogen) atoms. The minimum Gasteiger partial charge on any atom is -0.490 e. The molecule has 198 valence electrons. The zero-order chi connectivity index (χ0) is 26.5. The zero-order valence-corrected chi connectivity index (χ0v) is 21.7. The number of nitrogens with one attached hydrogen (secondary N) is 1. The molecule has 3 aromatic rings. The minimum atomic E-state index is -0.444. The highest BCUT2D eigenvalue weighted by Crippen LogP contribution is 2.29. The molecule has 2 amide bonds. The number of anilines is 3. The van der Waals surface area contributed by atoms with E-state index in [9.17, 15) is 9.59 Å². The minimum absolute atomic E-state index is 0.104. The molecule has 0 aliphatic carbocycles. The first-order chi connectivity index (χ1) is 18.5. The molecule has 2 heterocycles. The molecule has 8 nitrogen and oxygen atoms in total. The second kappa shape index (κ2) is 11.6. The average Bonchev–Trinajstić information content (AvgIpc) is 2.95. The van der Waals surface area contributed by atoms with Gasteiger partial charge in [-0.05, 0) is 67.1 Å². The summed E-state index contributed by atoms with van der Waals surface area (Å²) in [5.41, 5.74) is 10.5. The number of carbonyl (C=O) groups is 2. The summed E-state index contributed by atoms with van der Waals surface area (Å²) in [5, 5.41) is 3.08. The van der Waals surface area contributed by atoms with Crippen molar-refractivity contribution in [1.82, 2.24) is 0 Å². The van der Waals surface area contributed by atoms with Crippen molar-refractivity contribution in [3.63, 3.8) is 0 Å². The van der Waals surface area contributed by atoms with Crippen molar-refractivity contribution in [3.05, 3.63) is 83.4 Å². The summed E-state index contributed by atoms with van der Waals surface area (Å²) in [6, 6.07) is 20.8. The summed E-state index contributed by atoms with van der Waals surface area (Å²) in [6.07, 6.45) is 1.86. The normalized spacial score (nSPS) is 16.2. The van der Waals surface area contributed by atoms with Gasteiger partial charge in [-0.3, -0.25) is 9.59 Å². The molecule has 0 bridgehead atoms. The lowest BCUT2D eigenvalue weighted by Crippen LogP contribution is -2.38. The van der Waals surface area contributed by atoms with Gasteiger partial charge in [-0.1, -0.05) is 12.1 Å². The van der Waals surface area contributed by atoms with Gasteiger partial charge in [-0.25, -0.2) is 0 Å². The average molecular weight is 515 g/mol. The Labute approximate surface area is 223 Å². The third kappa shape index (κ3) is 6.08. The largest absolute Gasteiger partial charge is 0.490 e. The summed E-state index contributed by atoms with van der Waals surface area (Å²) in [6.45, 7) is 6.86. The fourth-order valence-corrected chi connectivity index (χ4v) is 5.00. The van der Waals surface area contributed by atoms with Crippen LogP contribution < -0.4 is 25.6 Å². The lowest BCUT2D eigenvalue weighted by Gasteiger charge is -2.34. The second-order valence-electron chi connectivity index (χ2n) is 9.80. The van der Waals surface area contributed by atoms with Gasteiger partial charge in [0, 0.05) is 67.2 Å². The molecule has 0 aromatic heterocycles. The van der Waals surface area contributed by atoms with E-state index in [1.807, 2.05) is 30.3 Å². The predicted molar refractivity (Wildman–Crippen MR) is 149 cm³/mol. The van der Waals surface area contributed by atoms with Crippen molar-refractivity contribution >= 4 is 28.9 Å². The van der Waals surface area contributed by atoms with Crippen LogP contribution in [0.25, 0.3) is 0 Å².